The minimum Gasteiger partial charge on any atom is -0.470 e. The monoisotopic (exact) mass is 397 g/mol. The van der Waals surface area contributed by atoms with Gasteiger partial charge in [0.1, 0.15) is 11.4 Å². The number of hydrogen-bond acceptors (Lipinski definition) is 5. The van der Waals surface area contributed by atoms with Crippen molar-refractivity contribution in [1.82, 2.24) is 25.9 Å². The number of ether oxygens (including phenoxy) is 1. The molecular weight excluding hydrogens is 378 g/mol. The summed E-state index contributed by atoms with van der Waals surface area (Å²) < 4.78 is 7.17. The fourth-order valence-corrected chi connectivity index (χ4v) is 3.23. The minimum atomic E-state index is -0.246. The molecule has 4 rings (SSSR count). The van der Waals surface area contributed by atoms with Crippen molar-refractivity contribution in [2.75, 3.05) is 0 Å². The van der Waals surface area contributed by atoms with E-state index in [1.165, 1.54) is 5.56 Å². The molecule has 2 unspecified atom stereocenters. The zero-order valence-electron chi connectivity index (χ0n) is 15.0. The third-order valence-corrected chi connectivity index (χ3v) is 4.78. The van der Waals surface area contributed by atoms with Crippen LogP contribution >= 0.6 is 11.6 Å². The summed E-state index contributed by atoms with van der Waals surface area (Å²) in [5.41, 5.74) is 7.82. The van der Waals surface area contributed by atoms with Crippen LogP contribution in [-0.2, 0) is 6.73 Å². The third kappa shape index (κ3) is 4.33. The molecule has 2 atom stereocenters. The largest absolute Gasteiger partial charge is 0.470 e. The van der Waals surface area contributed by atoms with Gasteiger partial charge in [-0.05, 0) is 23.8 Å². The number of nitrogens with one attached hydrogen (secondary N) is 3. The van der Waals surface area contributed by atoms with E-state index < -0.39 is 0 Å². The van der Waals surface area contributed by atoms with E-state index in [-0.39, 0.29) is 24.8 Å². The topological polar surface area (TPSA) is 80.2 Å². The van der Waals surface area contributed by atoms with Crippen molar-refractivity contribution in [1.29, 1.82) is 0 Å². The van der Waals surface area contributed by atoms with Crippen molar-refractivity contribution in [3.8, 4) is 5.75 Å². The molecule has 28 heavy (non-hydrogen) atoms. The van der Waals surface area contributed by atoms with E-state index in [4.69, 9.17) is 16.3 Å². The smallest absolute Gasteiger partial charge is 0.273 e. The van der Waals surface area contributed by atoms with E-state index in [9.17, 15) is 4.79 Å². The van der Waals surface area contributed by atoms with Crippen LogP contribution in [0, 0.1) is 0 Å². The quantitative estimate of drug-likeness (QED) is 0.596. The van der Waals surface area contributed by atoms with Crippen LogP contribution in [0.3, 0.4) is 0 Å². The Kier molecular flexibility index (Phi) is 5.57. The highest BCUT2D eigenvalue weighted by molar-refractivity contribution is 6.32. The van der Waals surface area contributed by atoms with Gasteiger partial charge in [0.2, 0.25) is 0 Å². The summed E-state index contributed by atoms with van der Waals surface area (Å²) in [7, 11) is 0. The first-order valence-corrected chi connectivity index (χ1v) is 9.34. The van der Waals surface area contributed by atoms with Gasteiger partial charge in [0.15, 0.2) is 6.73 Å². The summed E-state index contributed by atoms with van der Waals surface area (Å²) in [4.78, 5) is 12.5. The van der Waals surface area contributed by atoms with Crippen LogP contribution < -0.4 is 20.9 Å². The maximum Gasteiger partial charge on any atom is 0.273 e. The number of benzene rings is 2. The van der Waals surface area contributed by atoms with Gasteiger partial charge < -0.3 is 10.1 Å². The first kappa shape index (κ1) is 18.5. The Morgan fingerprint density at radius 3 is 2.75 bits per heavy atom. The molecule has 0 bridgehead atoms. The number of rotatable bonds is 6. The van der Waals surface area contributed by atoms with E-state index in [0.29, 0.717) is 16.5 Å². The normalized spacial score (nSPS) is 18.8. The Balaban J connectivity index is 1.30. The lowest BCUT2D eigenvalue weighted by Gasteiger charge is -2.11. The second-order valence-corrected chi connectivity index (χ2v) is 6.87. The molecule has 3 aromatic rings. The Bertz CT molecular complexity index is 947. The summed E-state index contributed by atoms with van der Waals surface area (Å²) in [5, 5.41) is 7.73. The highest BCUT2D eigenvalue weighted by atomic mass is 35.5. The number of hydrogen-bond donors (Lipinski definition) is 3. The van der Waals surface area contributed by atoms with Gasteiger partial charge in [-0.2, -0.15) is 5.10 Å². The molecule has 1 amide bonds. The summed E-state index contributed by atoms with van der Waals surface area (Å²) in [6.07, 6.45) is 2.26. The van der Waals surface area contributed by atoms with Crippen LogP contribution in [0.2, 0.25) is 5.02 Å². The summed E-state index contributed by atoms with van der Waals surface area (Å²) >= 11 is 6.07. The van der Waals surface area contributed by atoms with Gasteiger partial charge in [-0.25, -0.2) is 15.5 Å². The number of amides is 1. The number of halogens is 1. The highest BCUT2D eigenvalue weighted by Gasteiger charge is 2.26. The number of carbonyl (C=O) groups is 1. The molecule has 8 heteroatoms. The molecule has 0 radical (unpaired) electrons. The van der Waals surface area contributed by atoms with Gasteiger partial charge in [0.25, 0.3) is 5.91 Å². The van der Waals surface area contributed by atoms with Crippen LogP contribution in [-0.4, -0.2) is 21.9 Å². The summed E-state index contributed by atoms with van der Waals surface area (Å²) in [6, 6.07) is 19.1. The van der Waals surface area contributed by atoms with Gasteiger partial charge in [-0.1, -0.05) is 54.1 Å². The lowest BCUT2D eigenvalue weighted by Crippen LogP contribution is -2.44. The number of para-hydroxylation sites is 1. The fraction of sp³-hybridized carbons (Fsp3) is 0.200. The Hall–Kier alpha value is -2.87. The number of carbonyl (C=O) groups excluding carboxylic acids is 1. The lowest BCUT2D eigenvalue weighted by molar-refractivity contribution is 0.0925. The van der Waals surface area contributed by atoms with Crippen molar-refractivity contribution in [2.24, 2.45) is 0 Å². The predicted molar refractivity (Wildman–Crippen MR) is 106 cm³/mol. The van der Waals surface area contributed by atoms with Crippen molar-refractivity contribution in [3.63, 3.8) is 0 Å². The Labute approximate surface area is 167 Å². The van der Waals surface area contributed by atoms with Crippen LogP contribution in [0.1, 0.15) is 28.5 Å². The molecule has 3 N–H and O–H groups in total. The Morgan fingerprint density at radius 2 is 1.93 bits per heavy atom. The zero-order chi connectivity index (χ0) is 19.3. The molecule has 2 aromatic carbocycles. The maximum absolute atomic E-state index is 12.5. The van der Waals surface area contributed by atoms with Gasteiger partial charge in [0.05, 0.1) is 11.2 Å². The molecule has 7 nitrogen and oxygen atoms in total. The summed E-state index contributed by atoms with van der Waals surface area (Å²) in [6.45, 7) is 0.163. The average molecular weight is 398 g/mol. The van der Waals surface area contributed by atoms with Crippen molar-refractivity contribution >= 4 is 17.5 Å². The molecular formula is C20H20ClN5O2. The van der Waals surface area contributed by atoms with Gasteiger partial charge >= 0.3 is 0 Å². The Morgan fingerprint density at radius 1 is 1.14 bits per heavy atom. The third-order valence-electron chi connectivity index (χ3n) is 4.47. The molecule has 0 spiro atoms. The average Bonchev–Trinajstić information content (AvgIpc) is 3.38. The van der Waals surface area contributed by atoms with Crippen LogP contribution in [0.15, 0.2) is 66.9 Å². The molecule has 1 aromatic heterocycles. The van der Waals surface area contributed by atoms with Crippen molar-refractivity contribution < 1.29 is 9.53 Å². The highest BCUT2D eigenvalue weighted by Crippen LogP contribution is 2.23. The van der Waals surface area contributed by atoms with E-state index in [0.717, 1.165) is 6.42 Å². The van der Waals surface area contributed by atoms with E-state index in [2.05, 4.69) is 33.4 Å². The number of nitrogens with zero attached hydrogens (tertiary/aromatic N) is 2. The first-order chi connectivity index (χ1) is 13.7. The first-order valence-electron chi connectivity index (χ1n) is 8.97. The maximum atomic E-state index is 12.5. The second-order valence-electron chi connectivity index (χ2n) is 6.46. The molecule has 144 valence electrons. The molecule has 0 saturated carbocycles. The second kappa shape index (κ2) is 8.43. The minimum absolute atomic E-state index is 0.146. The van der Waals surface area contributed by atoms with E-state index in [1.807, 2.05) is 30.3 Å². The molecule has 1 aliphatic rings. The summed E-state index contributed by atoms with van der Waals surface area (Å²) in [5.74, 6) is 0.323. The molecule has 2 heterocycles. The van der Waals surface area contributed by atoms with Gasteiger partial charge in [0, 0.05) is 18.7 Å². The van der Waals surface area contributed by atoms with Crippen LogP contribution in [0.25, 0.3) is 0 Å². The molecule has 1 aliphatic heterocycles. The van der Waals surface area contributed by atoms with Gasteiger partial charge in [-0.3, -0.25) is 4.79 Å². The number of hydrazine groups is 1. The molecule has 1 saturated heterocycles. The standard InChI is InChI=1S/C20H20ClN5O2/c21-15-8-4-5-9-18(15)28-13-26-11-10-16(25-26)20(27)22-19-12-17(23-24-19)14-6-2-1-3-7-14/h1-11,17,19,23-24H,12-13H2,(H,22,27). The number of aromatic nitrogens is 2. The van der Waals surface area contributed by atoms with E-state index in [1.54, 1.807) is 29.1 Å². The lowest BCUT2D eigenvalue weighted by atomic mass is 10.0. The predicted octanol–water partition coefficient (Wildman–Crippen LogP) is 2.87. The SMILES string of the molecule is O=C(NC1CC(c2ccccc2)NN1)c1ccn(COc2ccccc2Cl)n1. The zero-order valence-corrected chi connectivity index (χ0v) is 15.8. The molecule has 0 aliphatic carbocycles. The van der Waals surface area contributed by atoms with Gasteiger partial charge in [-0.15, -0.1) is 0 Å². The molecule has 1 fully saturated rings. The van der Waals surface area contributed by atoms with E-state index >= 15 is 0 Å². The van der Waals surface area contributed by atoms with Crippen molar-refractivity contribution in [2.45, 2.75) is 25.4 Å². The van der Waals surface area contributed by atoms with Crippen LogP contribution in [0.5, 0.6) is 5.75 Å². The fourth-order valence-electron chi connectivity index (χ4n) is 3.04. The van der Waals surface area contributed by atoms with Crippen molar-refractivity contribution in [3.05, 3.63) is 83.1 Å². The van der Waals surface area contributed by atoms with Crippen LogP contribution in [0.4, 0.5) is 0 Å².